The second-order valence-electron chi connectivity index (χ2n) is 12.2. The van der Waals surface area contributed by atoms with E-state index in [2.05, 4.69) is 31.9 Å². The summed E-state index contributed by atoms with van der Waals surface area (Å²) in [5.41, 5.74) is 4.91. The van der Waals surface area contributed by atoms with Gasteiger partial charge in [-0.1, -0.05) is 84.9 Å². The molecule has 1 fully saturated rings. The van der Waals surface area contributed by atoms with Crippen molar-refractivity contribution in [2.45, 2.75) is 13.1 Å². The summed E-state index contributed by atoms with van der Waals surface area (Å²) >= 11 is 0. The molecule has 0 spiro atoms. The van der Waals surface area contributed by atoms with Gasteiger partial charge in [0.15, 0.2) is 0 Å². The third kappa shape index (κ3) is 19.4. The van der Waals surface area contributed by atoms with Crippen molar-refractivity contribution in [3.8, 4) is 11.5 Å². The van der Waals surface area contributed by atoms with Crippen LogP contribution in [0.15, 0.2) is 107 Å². The summed E-state index contributed by atoms with van der Waals surface area (Å²) in [5.74, 6) is -0.0954. The largest absolute Gasteiger partial charge is 3.00 e. The van der Waals surface area contributed by atoms with Crippen molar-refractivity contribution in [3.63, 3.8) is 0 Å². The molecule has 1 aliphatic rings. The molecule has 0 aliphatic carbocycles. The Morgan fingerprint density at radius 1 is 0.482 bits per heavy atom. The number of hydrogen-bond donors (Lipinski definition) is 0. The summed E-state index contributed by atoms with van der Waals surface area (Å²) in [7, 11) is -4.94. The summed E-state index contributed by atoms with van der Waals surface area (Å²) in [6, 6.07) is 29.8. The Hall–Kier alpha value is -3.10. The molecule has 4 aromatic rings. The first-order chi connectivity index (χ1) is 26.7. The number of rotatable bonds is 8. The number of nitrogens with zero attached hydrogens (tertiary/aromatic N) is 4. The topological polar surface area (TPSA) is 206 Å². The van der Waals surface area contributed by atoms with Crippen LogP contribution < -0.4 is 28.8 Å². The third-order valence-electron chi connectivity index (χ3n) is 8.25. The Labute approximate surface area is 358 Å². The first-order valence-corrected chi connectivity index (χ1v) is 19.0. The van der Waals surface area contributed by atoms with Gasteiger partial charge in [0.05, 0.1) is 64.2 Å². The van der Waals surface area contributed by atoms with E-state index in [1.807, 2.05) is 48.5 Å². The zero-order valence-corrected chi connectivity index (χ0v) is 35.5. The van der Waals surface area contributed by atoms with Crippen LogP contribution in [-0.2, 0) is 32.0 Å². The molecular formula is C40H46ClLaN4O10. The maximum absolute atomic E-state index is 12.1. The van der Waals surface area contributed by atoms with E-state index in [4.69, 9.17) is 37.6 Å². The Morgan fingerprint density at radius 3 is 1.12 bits per heavy atom. The Morgan fingerprint density at radius 2 is 0.786 bits per heavy atom. The van der Waals surface area contributed by atoms with E-state index < -0.39 is 10.2 Å². The predicted octanol–water partition coefficient (Wildman–Crippen LogP) is -0.0368. The zero-order chi connectivity index (χ0) is 39.1. The van der Waals surface area contributed by atoms with E-state index in [1.165, 1.54) is 0 Å². The van der Waals surface area contributed by atoms with E-state index in [0.29, 0.717) is 77.1 Å². The zero-order valence-electron chi connectivity index (χ0n) is 31.1. The van der Waals surface area contributed by atoms with E-state index in [0.717, 1.165) is 48.7 Å². The van der Waals surface area contributed by atoms with Gasteiger partial charge in [-0.15, -0.1) is 21.7 Å². The molecule has 0 aromatic heterocycles. The van der Waals surface area contributed by atoms with Crippen LogP contribution >= 0.6 is 0 Å². The van der Waals surface area contributed by atoms with Gasteiger partial charge >= 0.3 is 35.6 Å². The van der Waals surface area contributed by atoms with Crippen molar-refractivity contribution in [3.05, 3.63) is 119 Å². The Bertz CT molecular complexity index is 1620. The molecule has 1 heterocycles. The number of halogens is 1. The van der Waals surface area contributed by atoms with Crippen molar-refractivity contribution in [2.75, 3.05) is 79.0 Å². The van der Waals surface area contributed by atoms with Gasteiger partial charge < -0.3 is 29.2 Å². The SMILES string of the molecule is [La+3].[O-][Cl+3]([O-])([O-])[O-].[O-]c1ccccc1C=Nc1ccccc1CN1CCOCCOCCN(Cc2ccccc2N=Cc2ccccc2[O-])CCOCCOCC1. The molecule has 4 aromatic carbocycles. The van der Waals surface area contributed by atoms with Gasteiger partial charge in [-0.2, -0.15) is 0 Å². The van der Waals surface area contributed by atoms with Gasteiger partial charge in [0.25, 0.3) is 0 Å². The van der Waals surface area contributed by atoms with E-state index in [9.17, 15) is 10.2 Å². The van der Waals surface area contributed by atoms with Gasteiger partial charge in [-0.25, -0.2) is 18.6 Å². The number of benzene rings is 4. The van der Waals surface area contributed by atoms with Crippen molar-refractivity contribution in [1.29, 1.82) is 0 Å². The maximum Gasteiger partial charge on any atom is 3.00 e. The number of ether oxygens (including phenoxy) is 4. The maximum atomic E-state index is 12.1. The van der Waals surface area contributed by atoms with Gasteiger partial charge in [-0.3, -0.25) is 19.8 Å². The van der Waals surface area contributed by atoms with Gasteiger partial charge in [0, 0.05) is 51.7 Å². The molecule has 296 valence electrons. The molecule has 0 saturated carbocycles. The Kier molecular flexibility index (Phi) is 22.6. The molecule has 0 unspecified atom stereocenters. The average Bonchev–Trinajstić information content (AvgIpc) is 3.16. The van der Waals surface area contributed by atoms with Crippen LogP contribution in [0.1, 0.15) is 22.3 Å². The monoisotopic (exact) mass is 916 g/mol. The molecule has 14 nitrogen and oxygen atoms in total. The molecule has 1 aliphatic heterocycles. The predicted molar refractivity (Wildman–Crippen MR) is 193 cm³/mol. The smallest absolute Gasteiger partial charge is 0.872 e. The standard InChI is InChI=1S/C40H48N4O6.ClHO4.La/c45-39-15-7-3-9-33(39)29-41-37-13-5-1-11-35(37)31-43-17-21-47-25-27-49-23-19-44(20-24-50-28-26-48-22-18-43)32-36-12-2-6-14-38(36)42-30-34-10-4-8-16-40(34)46;2-1(3,4)5;/h1-16,29-30,45-46H,17-28,31-32H2;(H,2,3,4,5);/q;;+3/p-3. The Balaban J connectivity index is 0.00000132. The first kappa shape index (κ1) is 47.3. The molecule has 0 atom stereocenters. The summed E-state index contributed by atoms with van der Waals surface area (Å²) < 4.78 is 57.8. The second kappa shape index (κ2) is 26.8. The normalized spacial score (nSPS) is 16.4. The van der Waals surface area contributed by atoms with Crippen LogP contribution in [0, 0.1) is 45.8 Å². The van der Waals surface area contributed by atoms with Crippen molar-refractivity contribution in [1.82, 2.24) is 9.80 Å². The minimum atomic E-state index is -4.94. The fourth-order valence-corrected chi connectivity index (χ4v) is 5.43. The van der Waals surface area contributed by atoms with Gasteiger partial charge in [0.2, 0.25) is 0 Å². The first-order valence-electron chi connectivity index (χ1n) is 17.8. The summed E-state index contributed by atoms with van der Waals surface area (Å²) in [4.78, 5) is 13.9. The fraction of sp³-hybridized carbons (Fsp3) is 0.350. The van der Waals surface area contributed by atoms with Gasteiger partial charge in [-0.05, 0) is 34.4 Å². The van der Waals surface area contributed by atoms with Crippen LogP contribution in [0.2, 0.25) is 0 Å². The molecule has 0 bridgehead atoms. The molecule has 16 heteroatoms. The van der Waals surface area contributed by atoms with E-state index in [-0.39, 0.29) is 47.1 Å². The molecular weight excluding hydrogens is 871 g/mol. The number of hydrogen-bond acceptors (Lipinski definition) is 14. The molecule has 5 rings (SSSR count). The number of para-hydroxylation sites is 4. The average molecular weight is 917 g/mol. The van der Waals surface area contributed by atoms with E-state index >= 15 is 0 Å². The van der Waals surface area contributed by atoms with Crippen molar-refractivity contribution in [2.24, 2.45) is 9.98 Å². The molecule has 0 amide bonds. The summed E-state index contributed by atoms with van der Waals surface area (Å²) in [6.07, 6.45) is 3.27. The van der Waals surface area contributed by atoms with Crippen LogP contribution in [-0.4, -0.2) is 101 Å². The van der Waals surface area contributed by atoms with Crippen molar-refractivity contribution >= 4 is 23.8 Å². The number of aliphatic imine (C=N–C) groups is 2. The second-order valence-corrected chi connectivity index (χ2v) is 13.0. The molecule has 56 heavy (non-hydrogen) atoms. The fourth-order valence-electron chi connectivity index (χ4n) is 5.43. The summed E-state index contributed by atoms with van der Waals surface area (Å²) in [6.45, 7) is 8.45. The van der Waals surface area contributed by atoms with Crippen LogP contribution in [0.25, 0.3) is 0 Å². The van der Waals surface area contributed by atoms with Crippen molar-refractivity contribution < 1.29 is 93.6 Å². The minimum Gasteiger partial charge on any atom is -0.872 e. The quantitative estimate of drug-likeness (QED) is 0.214. The van der Waals surface area contributed by atoms with Crippen LogP contribution in [0.3, 0.4) is 0 Å². The molecule has 1 saturated heterocycles. The van der Waals surface area contributed by atoms with Gasteiger partial charge in [0.1, 0.15) is 0 Å². The molecule has 0 radical (unpaired) electrons. The van der Waals surface area contributed by atoms with Crippen LogP contribution in [0.5, 0.6) is 11.5 Å². The molecule has 0 N–H and O–H groups in total. The van der Waals surface area contributed by atoms with E-state index in [1.54, 1.807) is 48.8 Å². The minimum absolute atomic E-state index is 0. The summed E-state index contributed by atoms with van der Waals surface area (Å²) in [5, 5.41) is 24.3. The third-order valence-corrected chi connectivity index (χ3v) is 8.25. The van der Waals surface area contributed by atoms with Crippen LogP contribution in [0.4, 0.5) is 11.4 Å².